The van der Waals surface area contributed by atoms with E-state index in [9.17, 15) is 14.7 Å². The molecule has 0 saturated carbocycles. The van der Waals surface area contributed by atoms with Gasteiger partial charge in [0.1, 0.15) is 0 Å². The third kappa shape index (κ3) is 2.58. The van der Waals surface area contributed by atoms with Crippen molar-refractivity contribution < 1.29 is 19.8 Å². The fourth-order valence-corrected chi connectivity index (χ4v) is 2.33. The van der Waals surface area contributed by atoms with E-state index in [0.29, 0.717) is 6.42 Å². The number of aliphatic hydroxyl groups excluding tert-OH is 1. The molecule has 106 valence electrons. The molecule has 0 aromatic heterocycles. The molecule has 0 heterocycles. The van der Waals surface area contributed by atoms with Gasteiger partial charge in [-0.1, -0.05) is 24.3 Å². The molecule has 0 unspecified atom stereocenters. The quantitative estimate of drug-likeness (QED) is 0.723. The Hall–Kier alpha value is -2.14. The second-order valence-corrected chi connectivity index (χ2v) is 4.98. The highest BCUT2D eigenvalue weighted by molar-refractivity contribution is 6.01. The third-order valence-corrected chi connectivity index (χ3v) is 3.71. The van der Waals surface area contributed by atoms with E-state index in [1.165, 1.54) is 13.8 Å². The van der Waals surface area contributed by atoms with Crippen LogP contribution in [0.5, 0.6) is 0 Å². The Balaban J connectivity index is 2.21. The number of carboxylic acids is 1. The average molecular weight is 275 g/mol. The van der Waals surface area contributed by atoms with Gasteiger partial charge in [-0.15, -0.1) is 0 Å². The highest BCUT2D eigenvalue weighted by Crippen LogP contribution is 2.31. The van der Waals surface area contributed by atoms with Gasteiger partial charge in [0, 0.05) is 17.6 Å². The summed E-state index contributed by atoms with van der Waals surface area (Å²) >= 11 is 0. The number of hydrogen-bond donors (Lipinski definition) is 3. The Morgan fingerprint density at radius 1 is 1.20 bits per heavy atom. The molecule has 0 fully saturated rings. The normalized spacial score (nSPS) is 21.9. The van der Waals surface area contributed by atoms with Crippen LogP contribution < -0.4 is 5.32 Å². The maximum absolute atomic E-state index is 12.1. The number of fused-ring (bicyclic) bond motifs is 1. The van der Waals surface area contributed by atoms with Crippen molar-refractivity contribution in [2.75, 3.05) is 0 Å². The standard InChI is InChI=1S/C15H17NO4/c1-8(9(2)15(19)20)14(18)16-13-11-6-4-3-5-10(11)7-12(13)17/h3-6,12-13,17H,7H2,1-2H3,(H,16,18)(H,19,20)/b9-8+/t12-,13+/m0/s1. The fraction of sp³-hybridized carbons (Fsp3) is 0.333. The minimum Gasteiger partial charge on any atom is -0.478 e. The van der Waals surface area contributed by atoms with E-state index in [-0.39, 0.29) is 11.1 Å². The minimum absolute atomic E-state index is 0.00303. The summed E-state index contributed by atoms with van der Waals surface area (Å²) in [6.07, 6.45) is -0.198. The van der Waals surface area contributed by atoms with E-state index in [1.54, 1.807) is 0 Å². The fourth-order valence-electron chi connectivity index (χ4n) is 2.33. The predicted molar refractivity (Wildman–Crippen MR) is 73.0 cm³/mol. The molecule has 0 aliphatic heterocycles. The number of nitrogens with one attached hydrogen (secondary N) is 1. The molecule has 1 aliphatic carbocycles. The van der Waals surface area contributed by atoms with Gasteiger partial charge in [0.15, 0.2) is 0 Å². The van der Waals surface area contributed by atoms with Crippen LogP contribution in [0.1, 0.15) is 31.0 Å². The molecule has 1 amide bonds. The summed E-state index contributed by atoms with van der Waals surface area (Å²) in [4.78, 5) is 22.9. The van der Waals surface area contributed by atoms with Crippen molar-refractivity contribution in [3.8, 4) is 0 Å². The first-order chi connectivity index (χ1) is 9.41. The molecule has 5 heteroatoms. The highest BCUT2D eigenvalue weighted by Gasteiger charge is 2.32. The predicted octanol–water partition coefficient (Wildman–Crippen LogP) is 1.18. The van der Waals surface area contributed by atoms with E-state index in [4.69, 9.17) is 5.11 Å². The second kappa shape index (κ2) is 5.46. The molecule has 5 nitrogen and oxygen atoms in total. The second-order valence-electron chi connectivity index (χ2n) is 4.98. The summed E-state index contributed by atoms with van der Waals surface area (Å²) in [5, 5.41) is 21.6. The van der Waals surface area contributed by atoms with Crippen LogP contribution in [0.4, 0.5) is 0 Å². The Kier molecular flexibility index (Phi) is 3.90. The van der Waals surface area contributed by atoms with E-state index >= 15 is 0 Å². The first kappa shape index (κ1) is 14.3. The van der Waals surface area contributed by atoms with E-state index in [1.807, 2.05) is 24.3 Å². The lowest BCUT2D eigenvalue weighted by Crippen LogP contribution is -2.34. The van der Waals surface area contributed by atoms with Crippen molar-refractivity contribution in [1.82, 2.24) is 5.32 Å². The molecule has 1 aromatic rings. The first-order valence-corrected chi connectivity index (χ1v) is 6.39. The molecule has 2 rings (SSSR count). The van der Waals surface area contributed by atoms with Crippen LogP contribution in [0.25, 0.3) is 0 Å². The first-order valence-electron chi connectivity index (χ1n) is 6.39. The molecule has 0 radical (unpaired) electrons. The smallest absolute Gasteiger partial charge is 0.331 e. The molecule has 0 spiro atoms. The molecule has 2 atom stereocenters. The van der Waals surface area contributed by atoms with Crippen molar-refractivity contribution >= 4 is 11.9 Å². The number of aliphatic carboxylic acids is 1. The van der Waals surface area contributed by atoms with Gasteiger partial charge in [-0.25, -0.2) is 4.79 Å². The summed E-state index contributed by atoms with van der Waals surface area (Å²) < 4.78 is 0. The van der Waals surface area contributed by atoms with Gasteiger partial charge in [0.2, 0.25) is 5.91 Å². The summed E-state index contributed by atoms with van der Waals surface area (Å²) in [5.41, 5.74) is 2.04. The number of amides is 1. The van der Waals surface area contributed by atoms with Gasteiger partial charge < -0.3 is 15.5 Å². The average Bonchev–Trinajstić information content (AvgIpc) is 2.73. The van der Waals surface area contributed by atoms with Gasteiger partial charge in [-0.3, -0.25) is 4.79 Å². The van der Waals surface area contributed by atoms with Crippen LogP contribution in [-0.4, -0.2) is 28.2 Å². The molecule has 1 aliphatic rings. The molecular formula is C15H17NO4. The number of hydrogen-bond acceptors (Lipinski definition) is 3. The maximum Gasteiger partial charge on any atom is 0.331 e. The topological polar surface area (TPSA) is 86.6 Å². The lowest BCUT2D eigenvalue weighted by Gasteiger charge is -2.18. The zero-order chi connectivity index (χ0) is 14.9. The summed E-state index contributed by atoms with van der Waals surface area (Å²) in [5.74, 6) is -1.59. The Morgan fingerprint density at radius 3 is 2.50 bits per heavy atom. The summed E-state index contributed by atoms with van der Waals surface area (Å²) in [7, 11) is 0. The highest BCUT2D eigenvalue weighted by atomic mass is 16.4. The van der Waals surface area contributed by atoms with Gasteiger partial charge in [-0.05, 0) is 25.0 Å². The third-order valence-electron chi connectivity index (χ3n) is 3.71. The maximum atomic E-state index is 12.1. The van der Waals surface area contributed by atoms with Crippen molar-refractivity contribution in [3.05, 3.63) is 46.5 Å². The van der Waals surface area contributed by atoms with Crippen molar-refractivity contribution in [2.24, 2.45) is 0 Å². The van der Waals surface area contributed by atoms with Gasteiger partial charge >= 0.3 is 5.97 Å². The van der Waals surface area contributed by atoms with E-state index in [0.717, 1.165) is 11.1 Å². The zero-order valence-electron chi connectivity index (χ0n) is 11.4. The lowest BCUT2D eigenvalue weighted by atomic mass is 10.1. The number of rotatable bonds is 3. The molecule has 0 bridgehead atoms. The van der Waals surface area contributed by atoms with Crippen LogP contribution in [0.3, 0.4) is 0 Å². The van der Waals surface area contributed by atoms with Crippen molar-refractivity contribution in [2.45, 2.75) is 32.4 Å². The number of carbonyl (C=O) groups excluding carboxylic acids is 1. The summed E-state index contributed by atoms with van der Waals surface area (Å²) in [6, 6.07) is 7.02. The van der Waals surface area contributed by atoms with Crippen LogP contribution in [0, 0.1) is 0 Å². The number of aliphatic hydroxyl groups is 1. The number of carbonyl (C=O) groups is 2. The van der Waals surface area contributed by atoms with Crippen LogP contribution in [0.2, 0.25) is 0 Å². The molecule has 3 N–H and O–H groups in total. The molecule has 0 saturated heterocycles. The Labute approximate surface area is 116 Å². The Bertz CT molecular complexity index is 591. The van der Waals surface area contributed by atoms with Crippen LogP contribution in [-0.2, 0) is 16.0 Å². The van der Waals surface area contributed by atoms with Crippen molar-refractivity contribution in [3.63, 3.8) is 0 Å². The van der Waals surface area contributed by atoms with E-state index < -0.39 is 24.0 Å². The molecular weight excluding hydrogens is 258 g/mol. The largest absolute Gasteiger partial charge is 0.478 e. The number of carboxylic acid groups (broad SMARTS) is 1. The van der Waals surface area contributed by atoms with Gasteiger partial charge in [0.05, 0.1) is 12.1 Å². The van der Waals surface area contributed by atoms with Crippen LogP contribution in [0.15, 0.2) is 35.4 Å². The van der Waals surface area contributed by atoms with Gasteiger partial charge in [-0.2, -0.15) is 0 Å². The molecule has 20 heavy (non-hydrogen) atoms. The van der Waals surface area contributed by atoms with Crippen LogP contribution >= 0.6 is 0 Å². The van der Waals surface area contributed by atoms with Crippen molar-refractivity contribution in [1.29, 1.82) is 0 Å². The SMILES string of the molecule is C/C(C(=O)O)=C(/C)C(=O)N[C@@H]1c2ccccc2C[C@@H]1O. The number of benzene rings is 1. The Morgan fingerprint density at radius 2 is 1.85 bits per heavy atom. The molecule has 1 aromatic carbocycles. The lowest BCUT2D eigenvalue weighted by molar-refractivity contribution is -0.133. The zero-order valence-corrected chi connectivity index (χ0v) is 11.4. The monoisotopic (exact) mass is 275 g/mol. The van der Waals surface area contributed by atoms with Gasteiger partial charge in [0.25, 0.3) is 0 Å². The summed E-state index contributed by atoms with van der Waals surface area (Å²) in [6.45, 7) is 2.85. The minimum atomic E-state index is -1.12. The van der Waals surface area contributed by atoms with E-state index in [2.05, 4.69) is 5.32 Å².